The second kappa shape index (κ2) is 14.1. The molecule has 0 spiro atoms. The molecular formula is C42H53F2N5O3. The van der Waals surface area contributed by atoms with Crippen LogP contribution < -0.4 is 9.64 Å². The summed E-state index contributed by atoms with van der Waals surface area (Å²) in [6.45, 7) is 10.7. The van der Waals surface area contributed by atoms with Crippen LogP contribution in [0.25, 0.3) is 32.9 Å². The number of benzene rings is 2. The number of piperidine rings is 1. The number of hydrogen-bond acceptors (Lipinski definition) is 8. The quantitative estimate of drug-likeness (QED) is 0.205. The summed E-state index contributed by atoms with van der Waals surface area (Å²) in [6, 6.07) is 9.83. The van der Waals surface area contributed by atoms with Gasteiger partial charge in [0.15, 0.2) is 5.82 Å². The highest BCUT2D eigenvalue weighted by Crippen LogP contribution is 2.50. The van der Waals surface area contributed by atoms with Gasteiger partial charge in [-0.05, 0) is 114 Å². The number of likely N-dealkylation sites (tertiary alicyclic amines) is 1. The van der Waals surface area contributed by atoms with Crippen molar-refractivity contribution < 1.29 is 23.4 Å². The Morgan fingerprint density at radius 3 is 2.60 bits per heavy atom. The van der Waals surface area contributed by atoms with Crippen LogP contribution in [0, 0.1) is 17.0 Å². The van der Waals surface area contributed by atoms with Gasteiger partial charge >= 0.3 is 6.01 Å². The van der Waals surface area contributed by atoms with Crippen molar-refractivity contribution in [2.24, 2.45) is 5.41 Å². The number of pyridine rings is 1. The van der Waals surface area contributed by atoms with Gasteiger partial charge in [-0.3, -0.25) is 9.88 Å². The van der Waals surface area contributed by atoms with E-state index in [9.17, 15) is 5.11 Å². The van der Waals surface area contributed by atoms with E-state index in [-0.39, 0.29) is 40.7 Å². The van der Waals surface area contributed by atoms with Gasteiger partial charge in [0.2, 0.25) is 0 Å². The maximum atomic E-state index is 17.1. The minimum Gasteiger partial charge on any atom is -0.463 e. The number of hydrogen-bond donors (Lipinski definition) is 1. The highest BCUT2D eigenvalue weighted by molar-refractivity contribution is 6.00. The van der Waals surface area contributed by atoms with Crippen LogP contribution in [0.2, 0.25) is 0 Å². The first-order valence-electron chi connectivity index (χ1n) is 19.6. The maximum Gasteiger partial charge on any atom is 0.319 e. The van der Waals surface area contributed by atoms with E-state index in [4.69, 9.17) is 19.4 Å². The van der Waals surface area contributed by atoms with Crippen LogP contribution in [0.3, 0.4) is 0 Å². The molecule has 3 saturated heterocycles. The number of β-amino-alcohol motifs (C(OH)–C–C–N with tert-alkyl or cyclic N) is 1. The Balaban J connectivity index is 1.20. The number of aromatic nitrogens is 3. The van der Waals surface area contributed by atoms with Crippen molar-refractivity contribution in [2.75, 3.05) is 31.1 Å². The van der Waals surface area contributed by atoms with E-state index in [1.165, 1.54) is 6.07 Å². The lowest BCUT2D eigenvalue weighted by molar-refractivity contribution is -0.0967. The van der Waals surface area contributed by atoms with Crippen molar-refractivity contribution in [3.63, 3.8) is 0 Å². The summed E-state index contributed by atoms with van der Waals surface area (Å²) < 4.78 is 45.0. The molecule has 278 valence electrons. The summed E-state index contributed by atoms with van der Waals surface area (Å²) in [5, 5.41) is 13.2. The summed E-state index contributed by atoms with van der Waals surface area (Å²) in [5.74, 6) is -0.381. The molecule has 10 heteroatoms. The third kappa shape index (κ3) is 6.53. The lowest BCUT2D eigenvalue weighted by Gasteiger charge is -2.51. The Morgan fingerprint density at radius 2 is 1.79 bits per heavy atom. The van der Waals surface area contributed by atoms with Gasteiger partial charge in [0.1, 0.15) is 22.8 Å². The van der Waals surface area contributed by atoms with Gasteiger partial charge in [-0.25, -0.2) is 8.78 Å². The minimum absolute atomic E-state index is 0.0285. The third-order valence-corrected chi connectivity index (χ3v) is 12.6. The molecule has 1 aliphatic carbocycles. The Kier molecular flexibility index (Phi) is 9.62. The molecular weight excluding hydrogens is 660 g/mol. The normalized spacial score (nSPS) is 30.1. The fourth-order valence-electron chi connectivity index (χ4n) is 10.3. The molecule has 4 aromatic rings. The van der Waals surface area contributed by atoms with Crippen molar-refractivity contribution >= 4 is 27.5 Å². The number of ether oxygens (including phenoxy) is 2. The van der Waals surface area contributed by atoms with Gasteiger partial charge in [-0.15, -0.1) is 0 Å². The van der Waals surface area contributed by atoms with Crippen molar-refractivity contribution in [1.82, 2.24) is 19.9 Å². The second-order valence-corrected chi connectivity index (χ2v) is 16.5. The molecule has 0 bridgehead atoms. The number of anilines is 1. The molecule has 2 aromatic carbocycles. The van der Waals surface area contributed by atoms with Crippen molar-refractivity contribution in [3.8, 4) is 17.3 Å². The van der Waals surface area contributed by atoms with Crippen LogP contribution in [0.4, 0.5) is 14.6 Å². The van der Waals surface area contributed by atoms with Crippen LogP contribution in [-0.4, -0.2) is 81.1 Å². The molecule has 5 heterocycles. The topological polar surface area (TPSA) is 83.8 Å². The third-order valence-electron chi connectivity index (χ3n) is 12.6. The lowest BCUT2D eigenvalue weighted by Crippen LogP contribution is -2.57. The predicted octanol–water partition coefficient (Wildman–Crippen LogP) is 8.40. The Labute approximate surface area is 305 Å². The average Bonchev–Trinajstić information content (AvgIpc) is 3.47. The average molecular weight is 714 g/mol. The van der Waals surface area contributed by atoms with E-state index < -0.39 is 11.4 Å². The second-order valence-electron chi connectivity index (χ2n) is 16.5. The summed E-state index contributed by atoms with van der Waals surface area (Å²) >= 11 is 0. The summed E-state index contributed by atoms with van der Waals surface area (Å²) in [4.78, 5) is 19.3. The summed E-state index contributed by atoms with van der Waals surface area (Å²) in [5.41, 5.74) is 0.348. The molecule has 0 amide bonds. The van der Waals surface area contributed by atoms with E-state index in [1.54, 1.807) is 18.3 Å². The first kappa shape index (κ1) is 35.6. The molecule has 4 aliphatic rings. The molecule has 3 aliphatic heterocycles. The zero-order valence-electron chi connectivity index (χ0n) is 31.1. The number of nitrogens with zero attached hydrogens (tertiary/aromatic N) is 5. The fourth-order valence-corrected chi connectivity index (χ4v) is 10.3. The molecule has 4 fully saturated rings. The predicted molar refractivity (Wildman–Crippen MR) is 201 cm³/mol. The smallest absolute Gasteiger partial charge is 0.319 e. The van der Waals surface area contributed by atoms with Gasteiger partial charge < -0.3 is 19.5 Å². The zero-order valence-corrected chi connectivity index (χ0v) is 31.1. The summed E-state index contributed by atoms with van der Waals surface area (Å²) in [6.07, 6.45) is 12.7. The zero-order chi connectivity index (χ0) is 36.2. The lowest BCUT2D eigenvalue weighted by atomic mass is 9.74. The number of rotatable bonds is 7. The largest absolute Gasteiger partial charge is 0.463 e. The van der Waals surface area contributed by atoms with E-state index in [2.05, 4.69) is 23.7 Å². The van der Waals surface area contributed by atoms with Crippen LogP contribution in [-0.2, 0) is 11.2 Å². The van der Waals surface area contributed by atoms with Gasteiger partial charge in [-0.2, -0.15) is 9.97 Å². The van der Waals surface area contributed by atoms with Crippen LogP contribution >= 0.6 is 0 Å². The van der Waals surface area contributed by atoms with Crippen LogP contribution in [0.1, 0.15) is 97.5 Å². The Hall–Kier alpha value is -3.47. The van der Waals surface area contributed by atoms with Gasteiger partial charge in [0.05, 0.1) is 29.8 Å². The Bertz CT molecular complexity index is 1950. The van der Waals surface area contributed by atoms with Gasteiger partial charge in [-0.1, -0.05) is 37.6 Å². The SMILES string of the molecule is CCc1c(F)ccc2cccc(-c3ncc4c(N5CCCCC(C)(O)C5)nc(OCC56CCCC5N(C5CC(C)OC(C)C5)CCC6)nc4c3F)c12. The standard InChI is InChI=1S/C42H53F2N5O3/c1-5-30-33(43)15-14-28-11-8-12-31(35(28)30)37-36(44)38-32(23-45-37)39(48-19-7-6-16-41(4,50)24-48)47-40(46-38)51-25-42-17-9-13-34(42)49(20-10-18-42)29-21-26(2)52-27(3)22-29/h8,11-12,14-15,23,26-27,29,34,50H,5-7,9-10,13,16-22,24-25H2,1-4H3. The summed E-state index contributed by atoms with van der Waals surface area (Å²) in [7, 11) is 0. The minimum atomic E-state index is -0.926. The van der Waals surface area contributed by atoms with Crippen molar-refractivity contribution in [3.05, 3.63) is 53.7 Å². The maximum absolute atomic E-state index is 17.1. The molecule has 2 aromatic heterocycles. The number of aryl methyl sites for hydroxylation is 1. The number of aliphatic hydroxyl groups is 1. The van der Waals surface area contributed by atoms with E-state index in [0.29, 0.717) is 72.3 Å². The van der Waals surface area contributed by atoms with Crippen LogP contribution in [0.5, 0.6) is 6.01 Å². The highest BCUT2D eigenvalue weighted by Gasteiger charge is 2.50. The van der Waals surface area contributed by atoms with Gasteiger partial charge in [0, 0.05) is 42.3 Å². The first-order chi connectivity index (χ1) is 25.1. The van der Waals surface area contributed by atoms with Crippen molar-refractivity contribution in [2.45, 2.75) is 128 Å². The van der Waals surface area contributed by atoms with Crippen LogP contribution in [0.15, 0.2) is 36.5 Å². The molecule has 0 radical (unpaired) electrons. The number of halogens is 2. The first-order valence-corrected chi connectivity index (χ1v) is 19.6. The highest BCUT2D eigenvalue weighted by atomic mass is 19.1. The van der Waals surface area contributed by atoms with Crippen molar-refractivity contribution in [1.29, 1.82) is 0 Å². The molecule has 1 saturated carbocycles. The molecule has 52 heavy (non-hydrogen) atoms. The molecule has 8 nitrogen and oxygen atoms in total. The molecule has 5 unspecified atom stereocenters. The Morgan fingerprint density at radius 1 is 0.981 bits per heavy atom. The molecule has 5 atom stereocenters. The molecule has 8 rings (SSSR count). The monoisotopic (exact) mass is 713 g/mol. The van der Waals surface area contributed by atoms with E-state index in [1.807, 2.05) is 30.9 Å². The fraction of sp³-hybridized carbons (Fsp3) is 0.595. The number of fused-ring (bicyclic) bond motifs is 3. The van der Waals surface area contributed by atoms with Gasteiger partial charge in [0.25, 0.3) is 0 Å². The van der Waals surface area contributed by atoms with E-state index >= 15 is 8.78 Å². The molecule has 1 N–H and O–H groups in total. The van der Waals surface area contributed by atoms with E-state index in [0.717, 1.165) is 69.7 Å².